The molecule has 1 heterocycles. The van der Waals surface area contributed by atoms with Gasteiger partial charge in [-0.05, 0) is 49.2 Å². The fourth-order valence-electron chi connectivity index (χ4n) is 2.03. The van der Waals surface area contributed by atoms with Gasteiger partial charge in [-0.1, -0.05) is 23.2 Å². The zero-order valence-corrected chi connectivity index (χ0v) is 11.8. The Morgan fingerprint density at radius 2 is 1.29 bits per heavy atom. The molecule has 0 fully saturated rings. The lowest BCUT2D eigenvalue weighted by Crippen LogP contribution is -1.78. The van der Waals surface area contributed by atoms with E-state index in [4.69, 9.17) is 23.2 Å². The van der Waals surface area contributed by atoms with Crippen molar-refractivity contribution in [2.75, 3.05) is 0 Å². The summed E-state index contributed by atoms with van der Waals surface area (Å²) in [5.41, 5.74) is 2.63. The maximum Gasteiger partial charge on any atom is 0.0606 e. The summed E-state index contributed by atoms with van der Waals surface area (Å²) in [6, 6.07) is 8.38. The van der Waals surface area contributed by atoms with Crippen LogP contribution in [0.15, 0.2) is 24.3 Å². The first-order valence-electron chi connectivity index (χ1n) is 5.35. The second-order valence-corrected chi connectivity index (χ2v) is 6.20. The van der Waals surface area contributed by atoms with Crippen molar-refractivity contribution in [2.45, 2.75) is 13.8 Å². The quantitative estimate of drug-likeness (QED) is 0.475. The van der Waals surface area contributed by atoms with Gasteiger partial charge in [-0.25, -0.2) is 0 Å². The van der Waals surface area contributed by atoms with Crippen LogP contribution in [0.5, 0.6) is 0 Å². The molecule has 0 spiro atoms. The Hall–Kier alpha value is -0.760. The Balaban J connectivity index is 2.51. The standard InChI is InChI=1S/C14H10Cl2S/c1-7-3-9-10-5-11(15)12(16)6-14(10)17-13(9)4-8(7)2/h3-6H,1-2H3. The third kappa shape index (κ3) is 1.74. The highest BCUT2D eigenvalue weighted by Crippen LogP contribution is 2.39. The predicted molar refractivity (Wildman–Crippen MR) is 78.8 cm³/mol. The molecule has 0 nitrogen and oxygen atoms in total. The predicted octanol–water partition coefficient (Wildman–Crippen LogP) is 5.98. The Bertz CT molecular complexity index is 679. The highest BCUT2D eigenvalue weighted by molar-refractivity contribution is 7.25. The summed E-state index contributed by atoms with van der Waals surface area (Å²) in [5, 5.41) is 3.71. The summed E-state index contributed by atoms with van der Waals surface area (Å²) in [6.07, 6.45) is 0. The first-order chi connectivity index (χ1) is 8.06. The molecule has 3 rings (SSSR count). The van der Waals surface area contributed by atoms with Gasteiger partial charge in [0.15, 0.2) is 0 Å². The average Bonchev–Trinajstić information content (AvgIpc) is 2.58. The number of fused-ring (bicyclic) bond motifs is 3. The Kier molecular flexibility index (Phi) is 2.58. The van der Waals surface area contributed by atoms with Crippen LogP contribution in [-0.4, -0.2) is 0 Å². The maximum absolute atomic E-state index is 6.09. The van der Waals surface area contributed by atoms with Gasteiger partial charge < -0.3 is 0 Å². The number of aryl methyl sites for hydroxylation is 2. The molecule has 0 aliphatic carbocycles. The molecule has 0 amide bonds. The number of halogens is 2. The van der Waals surface area contributed by atoms with E-state index < -0.39 is 0 Å². The second kappa shape index (κ2) is 3.88. The van der Waals surface area contributed by atoms with E-state index in [9.17, 15) is 0 Å². The lowest BCUT2D eigenvalue weighted by Gasteiger charge is -2.00. The van der Waals surface area contributed by atoms with Crippen molar-refractivity contribution in [3.05, 3.63) is 45.4 Å². The lowest BCUT2D eigenvalue weighted by atomic mass is 10.1. The highest BCUT2D eigenvalue weighted by Gasteiger charge is 2.09. The van der Waals surface area contributed by atoms with E-state index in [2.05, 4.69) is 26.0 Å². The lowest BCUT2D eigenvalue weighted by molar-refractivity contribution is 1.37. The molecule has 17 heavy (non-hydrogen) atoms. The topological polar surface area (TPSA) is 0 Å². The molecule has 0 aliphatic rings. The van der Waals surface area contributed by atoms with Crippen LogP contribution in [0.4, 0.5) is 0 Å². The van der Waals surface area contributed by atoms with Crippen molar-refractivity contribution in [1.29, 1.82) is 0 Å². The first-order valence-corrected chi connectivity index (χ1v) is 6.92. The minimum Gasteiger partial charge on any atom is -0.135 e. The summed E-state index contributed by atoms with van der Waals surface area (Å²) < 4.78 is 2.49. The van der Waals surface area contributed by atoms with Gasteiger partial charge in [-0.2, -0.15) is 0 Å². The molecule has 0 unspecified atom stereocenters. The number of benzene rings is 2. The van der Waals surface area contributed by atoms with E-state index in [0.717, 1.165) is 0 Å². The zero-order valence-electron chi connectivity index (χ0n) is 9.47. The van der Waals surface area contributed by atoms with Crippen LogP contribution in [0, 0.1) is 13.8 Å². The molecule has 3 heteroatoms. The van der Waals surface area contributed by atoms with Crippen LogP contribution in [0.25, 0.3) is 20.2 Å². The van der Waals surface area contributed by atoms with Crippen molar-refractivity contribution in [3.8, 4) is 0 Å². The van der Waals surface area contributed by atoms with Gasteiger partial charge in [-0.15, -0.1) is 11.3 Å². The van der Waals surface area contributed by atoms with Crippen molar-refractivity contribution < 1.29 is 0 Å². The molecule has 1 aromatic heterocycles. The van der Waals surface area contributed by atoms with E-state index in [1.165, 1.54) is 31.3 Å². The van der Waals surface area contributed by atoms with Gasteiger partial charge in [0.05, 0.1) is 10.0 Å². The van der Waals surface area contributed by atoms with Crippen LogP contribution in [0.1, 0.15) is 11.1 Å². The zero-order chi connectivity index (χ0) is 12.2. The summed E-state index contributed by atoms with van der Waals surface area (Å²) in [7, 11) is 0. The van der Waals surface area contributed by atoms with Crippen LogP contribution < -0.4 is 0 Å². The van der Waals surface area contributed by atoms with Crippen LogP contribution in [0.3, 0.4) is 0 Å². The molecule has 2 aromatic carbocycles. The van der Waals surface area contributed by atoms with Gasteiger partial charge in [0.2, 0.25) is 0 Å². The van der Waals surface area contributed by atoms with E-state index in [1.54, 1.807) is 11.3 Å². The minimum atomic E-state index is 0.622. The maximum atomic E-state index is 6.09. The first kappa shape index (κ1) is 11.3. The molecular weight excluding hydrogens is 271 g/mol. The number of hydrogen-bond donors (Lipinski definition) is 0. The average molecular weight is 281 g/mol. The molecule has 0 bridgehead atoms. The van der Waals surface area contributed by atoms with E-state index in [0.29, 0.717) is 10.0 Å². The fraction of sp³-hybridized carbons (Fsp3) is 0.143. The molecule has 0 radical (unpaired) electrons. The number of hydrogen-bond acceptors (Lipinski definition) is 1. The molecule has 0 aliphatic heterocycles. The third-order valence-electron chi connectivity index (χ3n) is 3.13. The summed E-state index contributed by atoms with van der Waals surface area (Å²) in [4.78, 5) is 0. The largest absolute Gasteiger partial charge is 0.135 e. The summed E-state index contributed by atoms with van der Waals surface area (Å²) >= 11 is 13.9. The Labute approximate surface area is 114 Å². The van der Waals surface area contributed by atoms with Gasteiger partial charge >= 0.3 is 0 Å². The summed E-state index contributed by atoms with van der Waals surface area (Å²) in [5.74, 6) is 0. The van der Waals surface area contributed by atoms with Crippen LogP contribution in [-0.2, 0) is 0 Å². The molecule has 0 N–H and O–H groups in total. The Morgan fingerprint density at radius 1 is 0.765 bits per heavy atom. The SMILES string of the molecule is Cc1cc2sc3cc(Cl)c(Cl)cc3c2cc1C. The van der Waals surface area contributed by atoms with Crippen molar-refractivity contribution in [3.63, 3.8) is 0 Å². The van der Waals surface area contributed by atoms with Gasteiger partial charge in [-0.3, -0.25) is 0 Å². The highest BCUT2D eigenvalue weighted by atomic mass is 35.5. The third-order valence-corrected chi connectivity index (χ3v) is 4.97. The molecular formula is C14H10Cl2S. The molecule has 86 valence electrons. The minimum absolute atomic E-state index is 0.622. The van der Waals surface area contributed by atoms with Gasteiger partial charge in [0, 0.05) is 20.2 Å². The van der Waals surface area contributed by atoms with Crippen molar-refractivity contribution >= 4 is 54.7 Å². The Morgan fingerprint density at radius 3 is 2.06 bits per heavy atom. The van der Waals surface area contributed by atoms with Crippen molar-refractivity contribution in [1.82, 2.24) is 0 Å². The van der Waals surface area contributed by atoms with Crippen LogP contribution in [0.2, 0.25) is 10.0 Å². The van der Waals surface area contributed by atoms with Crippen molar-refractivity contribution in [2.24, 2.45) is 0 Å². The molecule has 0 saturated carbocycles. The van der Waals surface area contributed by atoms with E-state index in [1.807, 2.05) is 12.1 Å². The smallest absolute Gasteiger partial charge is 0.0606 e. The fourth-order valence-corrected chi connectivity index (χ4v) is 3.63. The van der Waals surface area contributed by atoms with Gasteiger partial charge in [0.1, 0.15) is 0 Å². The summed E-state index contributed by atoms with van der Waals surface area (Å²) in [6.45, 7) is 4.27. The van der Waals surface area contributed by atoms with Crippen LogP contribution >= 0.6 is 34.5 Å². The van der Waals surface area contributed by atoms with E-state index >= 15 is 0 Å². The number of thiophene rings is 1. The molecule has 0 atom stereocenters. The van der Waals surface area contributed by atoms with E-state index in [-0.39, 0.29) is 0 Å². The number of rotatable bonds is 0. The second-order valence-electron chi connectivity index (χ2n) is 4.30. The monoisotopic (exact) mass is 280 g/mol. The van der Waals surface area contributed by atoms with Gasteiger partial charge in [0.25, 0.3) is 0 Å². The molecule has 3 aromatic rings. The normalized spacial score (nSPS) is 11.5. The molecule has 0 saturated heterocycles.